The van der Waals surface area contributed by atoms with E-state index in [1.807, 2.05) is 22.6 Å². The number of benzene rings is 2. The van der Waals surface area contributed by atoms with Gasteiger partial charge in [0.2, 0.25) is 0 Å². The molecule has 1 N–H and O–H groups in total. The summed E-state index contributed by atoms with van der Waals surface area (Å²) >= 11 is 8.03. The van der Waals surface area contributed by atoms with E-state index in [-0.39, 0.29) is 4.90 Å². The van der Waals surface area contributed by atoms with Gasteiger partial charge in [0.05, 0.1) is 21.3 Å². The maximum Gasteiger partial charge on any atom is 0.261 e. The topological polar surface area (TPSA) is 55.4 Å². The van der Waals surface area contributed by atoms with Gasteiger partial charge in [0.1, 0.15) is 5.75 Å². The van der Waals surface area contributed by atoms with Crippen molar-refractivity contribution in [3.8, 4) is 5.75 Å². The molecule has 0 fully saturated rings. The van der Waals surface area contributed by atoms with Gasteiger partial charge in [0.25, 0.3) is 10.0 Å². The summed E-state index contributed by atoms with van der Waals surface area (Å²) < 4.78 is 33.2. The van der Waals surface area contributed by atoms with Crippen LogP contribution >= 0.6 is 34.2 Å². The largest absolute Gasteiger partial charge is 0.496 e. The summed E-state index contributed by atoms with van der Waals surface area (Å²) in [6, 6.07) is 9.77. The Balaban J connectivity index is 2.39. The molecule has 0 saturated heterocycles. The molecule has 0 spiro atoms. The number of rotatable bonds is 4. The fraction of sp³-hybridized carbons (Fsp3) is 0.143. The number of halogens is 2. The van der Waals surface area contributed by atoms with E-state index in [1.165, 1.54) is 6.07 Å². The zero-order chi connectivity index (χ0) is 15.6. The molecule has 0 aromatic heterocycles. The normalized spacial score (nSPS) is 11.2. The third-order valence-electron chi connectivity index (χ3n) is 2.95. The van der Waals surface area contributed by atoms with E-state index in [9.17, 15) is 8.42 Å². The van der Waals surface area contributed by atoms with Gasteiger partial charge < -0.3 is 4.74 Å². The molecular formula is C14H13ClINO3S. The predicted octanol–water partition coefficient (Wildman–Crippen LogP) is 4.06. The van der Waals surface area contributed by atoms with E-state index in [1.54, 1.807) is 44.4 Å². The first-order valence-corrected chi connectivity index (χ1v) is 8.90. The Hall–Kier alpha value is -0.990. The summed E-state index contributed by atoms with van der Waals surface area (Å²) in [6.45, 7) is 1.76. The minimum atomic E-state index is -3.67. The third-order valence-corrected chi connectivity index (χ3v) is 5.56. The molecule has 2 aromatic rings. The molecule has 112 valence electrons. The van der Waals surface area contributed by atoms with Crippen molar-refractivity contribution in [2.75, 3.05) is 11.8 Å². The van der Waals surface area contributed by atoms with Crippen molar-refractivity contribution >= 4 is 49.9 Å². The summed E-state index contributed by atoms with van der Waals surface area (Å²) in [6.07, 6.45) is 0. The second-order valence-electron chi connectivity index (χ2n) is 4.31. The highest BCUT2D eigenvalue weighted by Crippen LogP contribution is 2.28. The molecular weight excluding hydrogens is 425 g/mol. The average Bonchev–Trinajstić information content (AvgIpc) is 2.43. The van der Waals surface area contributed by atoms with Gasteiger partial charge in [-0.25, -0.2) is 8.42 Å². The highest BCUT2D eigenvalue weighted by atomic mass is 127. The number of hydrogen-bond acceptors (Lipinski definition) is 3. The first kappa shape index (κ1) is 16.4. The van der Waals surface area contributed by atoms with E-state index in [2.05, 4.69) is 4.72 Å². The maximum atomic E-state index is 12.4. The molecule has 0 saturated carbocycles. The van der Waals surface area contributed by atoms with E-state index >= 15 is 0 Å². The lowest BCUT2D eigenvalue weighted by Gasteiger charge is -2.12. The van der Waals surface area contributed by atoms with Gasteiger partial charge in [-0.15, -0.1) is 0 Å². The number of methoxy groups -OCH3 is 1. The summed E-state index contributed by atoms with van der Waals surface area (Å²) in [4.78, 5) is 0.173. The standard InChI is InChI=1S/C14H13ClINO3S/c1-9-11(15)4-3-5-13(9)17-21(18,19)10-6-7-14(20-2)12(16)8-10/h3-8,17H,1-2H3. The summed E-state index contributed by atoms with van der Waals surface area (Å²) in [5.74, 6) is 0.633. The van der Waals surface area contributed by atoms with Crippen LogP contribution in [0.3, 0.4) is 0 Å². The van der Waals surface area contributed by atoms with Gasteiger partial charge in [0.15, 0.2) is 0 Å². The molecule has 7 heteroatoms. The number of ether oxygens (including phenoxy) is 1. The van der Waals surface area contributed by atoms with Crippen LogP contribution in [-0.2, 0) is 10.0 Å². The fourth-order valence-electron chi connectivity index (χ4n) is 1.74. The van der Waals surface area contributed by atoms with E-state index in [4.69, 9.17) is 16.3 Å². The van der Waals surface area contributed by atoms with E-state index < -0.39 is 10.0 Å². The molecule has 2 rings (SSSR count). The Morgan fingerprint density at radius 1 is 1.24 bits per heavy atom. The molecule has 0 bridgehead atoms. The van der Waals surface area contributed by atoms with E-state index in [0.717, 1.165) is 3.57 Å². The third kappa shape index (κ3) is 3.61. The van der Waals surface area contributed by atoms with Crippen LogP contribution in [0, 0.1) is 10.5 Å². The Kier molecular flexibility index (Phi) is 5.00. The average molecular weight is 438 g/mol. The molecule has 0 aliphatic rings. The SMILES string of the molecule is COc1ccc(S(=O)(=O)Nc2cccc(Cl)c2C)cc1I. The van der Waals surface area contributed by atoms with Crippen LogP contribution < -0.4 is 9.46 Å². The van der Waals surface area contributed by atoms with Gasteiger partial charge in [0, 0.05) is 5.02 Å². The van der Waals surface area contributed by atoms with Crippen molar-refractivity contribution in [3.05, 3.63) is 50.6 Å². The lowest BCUT2D eigenvalue weighted by Crippen LogP contribution is -2.14. The van der Waals surface area contributed by atoms with Gasteiger partial charge in [-0.3, -0.25) is 4.72 Å². The minimum absolute atomic E-state index is 0.173. The lowest BCUT2D eigenvalue weighted by atomic mass is 10.2. The van der Waals surface area contributed by atoms with Gasteiger partial charge in [-0.1, -0.05) is 17.7 Å². The van der Waals surface area contributed by atoms with Gasteiger partial charge >= 0.3 is 0 Å². The highest BCUT2D eigenvalue weighted by molar-refractivity contribution is 14.1. The molecule has 0 heterocycles. The van der Waals surface area contributed by atoms with Crippen LogP contribution in [0.4, 0.5) is 5.69 Å². The van der Waals surface area contributed by atoms with Crippen molar-refractivity contribution in [1.82, 2.24) is 0 Å². The quantitative estimate of drug-likeness (QED) is 0.734. The Bertz CT molecular complexity index is 778. The molecule has 0 aliphatic carbocycles. The number of sulfonamides is 1. The predicted molar refractivity (Wildman–Crippen MR) is 92.7 cm³/mol. The van der Waals surface area contributed by atoms with Gasteiger partial charge in [-0.05, 0) is 65.4 Å². The molecule has 0 atom stereocenters. The summed E-state index contributed by atoms with van der Waals surface area (Å²) in [5, 5.41) is 0.513. The summed E-state index contributed by atoms with van der Waals surface area (Å²) in [5.41, 5.74) is 1.15. The van der Waals surface area contributed by atoms with Crippen LogP contribution in [0.1, 0.15) is 5.56 Å². The van der Waals surface area contributed by atoms with E-state index in [0.29, 0.717) is 22.0 Å². The first-order chi connectivity index (χ1) is 9.85. The smallest absolute Gasteiger partial charge is 0.261 e. The van der Waals surface area contributed by atoms with Crippen LogP contribution in [0.2, 0.25) is 5.02 Å². The molecule has 21 heavy (non-hydrogen) atoms. The zero-order valence-electron chi connectivity index (χ0n) is 11.4. The molecule has 4 nitrogen and oxygen atoms in total. The van der Waals surface area contributed by atoms with Gasteiger partial charge in [-0.2, -0.15) is 0 Å². The molecule has 0 aliphatic heterocycles. The first-order valence-electron chi connectivity index (χ1n) is 5.96. The van der Waals surface area contributed by atoms with Crippen molar-refractivity contribution in [2.45, 2.75) is 11.8 Å². The lowest BCUT2D eigenvalue weighted by molar-refractivity contribution is 0.411. The van der Waals surface area contributed by atoms with Crippen molar-refractivity contribution in [1.29, 1.82) is 0 Å². The van der Waals surface area contributed by atoms with Crippen LogP contribution in [-0.4, -0.2) is 15.5 Å². The number of nitrogens with one attached hydrogen (secondary N) is 1. The second kappa shape index (κ2) is 6.41. The van der Waals surface area contributed by atoms with Crippen LogP contribution in [0.25, 0.3) is 0 Å². The van der Waals surface area contributed by atoms with Crippen molar-refractivity contribution in [2.24, 2.45) is 0 Å². The van der Waals surface area contributed by atoms with Crippen LogP contribution in [0.15, 0.2) is 41.3 Å². The molecule has 0 amide bonds. The maximum absolute atomic E-state index is 12.4. The Labute approximate surface area is 142 Å². The monoisotopic (exact) mass is 437 g/mol. The van der Waals surface area contributed by atoms with Crippen LogP contribution in [0.5, 0.6) is 5.75 Å². The Morgan fingerprint density at radius 3 is 2.57 bits per heavy atom. The fourth-order valence-corrected chi connectivity index (χ4v) is 4.01. The molecule has 0 unspecified atom stereocenters. The zero-order valence-corrected chi connectivity index (χ0v) is 15.1. The number of anilines is 1. The highest BCUT2D eigenvalue weighted by Gasteiger charge is 2.17. The van der Waals surface area contributed by atoms with Crippen molar-refractivity contribution < 1.29 is 13.2 Å². The molecule has 2 aromatic carbocycles. The Morgan fingerprint density at radius 2 is 1.95 bits per heavy atom. The molecule has 0 radical (unpaired) electrons. The second-order valence-corrected chi connectivity index (χ2v) is 7.57. The van der Waals surface area contributed by atoms with Crippen molar-refractivity contribution in [3.63, 3.8) is 0 Å². The summed E-state index contributed by atoms with van der Waals surface area (Å²) in [7, 11) is -2.13. The number of hydrogen-bond donors (Lipinski definition) is 1. The minimum Gasteiger partial charge on any atom is -0.496 e.